The van der Waals surface area contributed by atoms with Gasteiger partial charge in [0.05, 0.1) is 6.04 Å². The lowest BCUT2D eigenvalue weighted by Gasteiger charge is -2.18. The van der Waals surface area contributed by atoms with Crippen molar-refractivity contribution in [3.63, 3.8) is 0 Å². The van der Waals surface area contributed by atoms with Gasteiger partial charge in [-0.25, -0.2) is 0 Å². The summed E-state index contributed by atoms with van der Waals surface area (Å²) in [5, 5.41) is 2.94. The molecule has 7 heteroatoms. The van der Waals surface area contributed by atoms with Crippen molar-refractivity contribution >= 4 is 40.7 Å². The topological polar surface area (TPSA) is 89.3 Å². The standard InChI is InChI=1S/C18H16Cl2N2O3/c19-10-14(21)17(24)18(25)22-15(11-4-2-1-3-5-11)16(23)12-6-8-13(20)9-7-12/h1-9,14-15H,10,21H2,(H,22,25). The molecule has 0 radical (unpaired) electrons. The van der Waals surface area contributed by atoms with E-state index in [1.165, 1.54) is 0 Å². The third-order valence-electron chi connectivity index (χ3n) is 3.53. The molecule has 0 fully saturated rings. The molecule has 130 valence electrons. The van der Waals surface area contributed by atoms with Gasteiger partial charge < -0.3 is 11.1 Å². The van der Waals surface area contributed by atoms with E-state index in [0.29, 0.717) is 16.1 Å². The van der Waals surface area contributed by atoms with E-state index >= 15 is 0 Å². The summed E-state index contributed by atoms with van der Waals surface area (Å²) in [4.78, 5) is 36.9. The first-order chi connectivity index (χ1) is 11.9. The Morgan fingerprint density at radius 1 is 1.00 bits per heavy atom. The number of carbonyl (C=O) groups is 3. The average Bonchev–Trinajstić information content (AvgIpc) is 2.65. The number of alkyl halides is 1. The van der Waals surface area contributed by atoms with Gasteiger partial charge in [0, 0.05) is 16.5 Å². The number of amides is 1. The SMILES string of the molecule is NC(CCl)C(=O)C(=O)NC(C(=O)c1ccc(Cl)cc1)c1ccccc1. The highest BCUT2D eigenvalue weighted by atomic mass is 35.5. The van der Waals surface area contributed by atoms with Crippen LogP contribution in [0.4, 0.5) is 0 Å². The fourth-order valence-corrected chi connectivity index (χ4v) is 2.43. The molecule has 3 N–H and O–H groups in total. The minimum Gasteiger partial charge on any atom is -0.335 e. The Bertz CT molecular complexity index is 764. The number of benzene rings is 2. The van der Waals surface area contributed by atoms with Crippen LogP contribution in [0.15, 0.2) is 54.6 Å². The predicted molar refractivity (Wildman–Crippen MR) is 96.8 cm³/mol. The van der Waals surface area contributed by atoms with E-state index in [1.54, 1.807) is 54.6 Å². The van der Waals surface area contributed by atoms with Gasteiger partial charge in [-0.1, -0.05) is 41.9 Å². The van der Waals surface area contributed by atoms with E-state index in [9.17, 15) is 14.4 Å². The summed E-state index contributed by atoms with van der Waals surface area (Å²) in [7, 11) is 0. The summed E-state index contributed by atoms with van der Waals surface area (Å²) < 4.78 is 0. The molecule has 0 aliphatic carbocycles. The van der Waals surface area contributed by atoms with Crippen molar-refractivity contribution in [2.75, 3.05) is 5.88 Å². The first kappa shape index (κ1) is 19.1. The Hall–Kier alpha value is -2.21. The van der Waals surface area contributed by atoms with Gasteiger partial charge in [-0.2, -0.15) is 0 Å². The maximum atomic E-state index is 12.8. The number of Topliss-reactive ketones (excluding diaryl/α,β-unsaturated/α-hetero) is 2. The Kier molecular flexibility index (Phi) is 6.70. The van der Waals surface area contributed by atoms with Crippen LogP contribution in [-0.2, 0) is 9.59 Å². The molecule has 0 spiro atoms. The Morgan fingerprint density at radius 2 is 1.60 bits per heavy atom. The van der Waals surface area contributed by atoms with Crippen LogP contribution in [0.1, 0.15) is 22.0 Å². The molecule has 0 saturated carbocycles. The number of hydrogen-bond acceptors (Lipinski definition) is 4. The third-order valence-corrected chi connectivity index (χ3v) is 4.11. The van der Waals surface area contributed by atoms with Crippen molar-refractivity contribution in [1.82, 2.24) is 5.32 Å². The zero-order chi connectivity index (χ0) is 18.4. The molecule has 2 atom stereocenters. The van der Waals surface area contributed by atoms with Gasteiger partial charge in [0.2, 0.25) is 5.78 Å². The van der Waals surface area contributed by atoms with Gasteiger partial charge in [-0.05, 0) is 29.8 Å². The van der Waals surface area contributed by atoms with E-state index in [-0.39, 0.29) is 11.7 Å². The van der Waals surface area contributed by atoms with Crippen molar-refractivity contribution in [3.05, 3.63) is 70.7 Å². The zero-order valence-corrected chi connectivity index (χ0v) is 14.6. The number of rotatable bonds is 7. The van der Waals surface area contributed by atoms with Gasteiger partial charge in [0.1, 0.15) is 6.04 Å². The molecule has 2 unspecified atom stereocenters. The largest absolute Gasteiger partial charge is 0.335 e. The fraction of sp³-hybridized carbons (Fsp3) is 0.167. The van der Waals surface area contributed by atoms with Crippen LogP contribution >= 0.6 is 23.2 Å². The summed E-state index contributed by atoms with van der Waals surface area (Å²) in [6.45, 7) is 0. The summed E-state index contributed by atoms with van der Waals surface area (Å²) in [5.41, 5.74) is 6.39. The highest BCUT2D eigenvalue weighted by Gasteiger charge is 2.28. The van der Waals surface area contributed by atoms with Crippen LogP contribution in [0.3, 0.4) is 0 Å². The molecule has 5 nitrogen and oxygen atoms in total. The number of hydrogen-bond donors (Lipinski definition) is 2. The van der Waals surface area contributed by atoms with E-state index in [0.717, 1.165) is 0 Å². The Morgan fingerprint density at radius 3 is 2.16 bits per heavy atom. The van der Waals surface area contributed by atoms with E-state index < -0.39 is 23.8 Å². The first-order valence-electron chi connectivity index (χ1n) is 7.45. The summed E-state index contributed by atoms with van der Waals surface area (Å²) in [6, 6.07) is 12.7. The second-order valence-electron chi connectivity index (χ2n) is 5.31. The first-order valence-corrected chi connectivity index (χ1v) is 8.36. The second kappa shape index (κ2) is 8.76. The molecule has 0 heterocycles. The molecule has 2 rings (SSSR count). The van der Waals surface area contributed by atoms with E-state index in [1.807, 2.05) is 0 Å². The number of ketones is 2. The molecule has 0 aliphatic heterocycles. The van der Waals surface area contributed by atoms with Crippen LogP contribution < -0.4 is 11.1 Å². The summed E-state index contributed by atoms with van der Waals surface area (Å²) >= 11 is 11.4. The quantitative estimate of drug-likeness (QED) is 0.440. The fourth-order valence-electron chi connectivity index (χ4n) is 2.17. The lowest BCUT2D eigenvalue weighted by Crippen LogP contribution is -2.46. The maximum absolute atomic E-state index is 12.8. The molecule has 0 saturated heterocycles. The van der Waals surface area contributed by atoms with E-state index in [4.69, 9.17) is 28.9 Å². The molecule has 2 aromatic carbocycles. The predicted octanol–water partition coefficient (Wildman–Crippen LogP) is 2.52. The van der Waals surface area contributed by atoms with Crippen LogP contribution in [0, 0.1) is 0 Å². The third kappa shape index (κ3) is 4.89. The lowest BCUT2D eigenvalue weighted by molar-refractivity contribution is -0.138. The molecule has 0 bridgehead atoms. The van der Waals surface area contributed by atoms with Gasteiger partial charge >= 0.3 is 0 Å². The van der Waals surface area contributed by atoms with Gasteiger partial charge in [0.15, 0.2) is 5.78 Å². The van der Waals surface area contributed by atoms with Crippen LogP contribution in [0.2, 0.25) is 5.02 Å². The van der Waals surface area contributed by atoms with Crippen molar-refractivity contribution in [2.45, 2.75) is 12.1 Å². The lowest BCUT2D eigenvalue weighted by atomic mass is 9.97. The number of halogens is 2. The highest BCUT2D eigenvalue weighted by Crippen LogP contribution is 2.20. The summed E-state index contributed by atoms with van der Waals surface area (Å²) in [5.74, 6) is -2.39. The number of nitrogens with one attached hydrogen (secondary N) is 1. The van der Waals surface area contributed by atoms with Crippen molar-refractivity contribution in [1.29, 1.82) is 0 Å². The van der Waals surface area contributed by atoms with Gasteiger partial charge in [-0.3, -0.25) is 14.4 Å². The van der Waals surface area contributed by atoms with Crippen LogP contribution in [0.5, 0.6) is 0 Å². The monoisotopic (exact) mass is 378 g/mol. The molecule has 0 aromatic heterocycles. The van der Waals surface area contributed by atoms with Crippen molar-refractivity contribution < 1.29 is 14.4 Å². The van der Waals surface area contributed by atoms with Crippen LogP contribution in [0.25, 0.3) is 0 Å². The Balaban J connectivity index is 2.31. The van der Waals surface area contributed by atoms with Gasteiger partial charge in [0.25, 0.3) is 5.91 Å². The zero-order valence-electron chi connectivity index (χ0n) is 13.1. The minimum atomic E-state index is -1.12. The highest BCUT2D eigenvalue weighted by molar-refractivity contribution is 6.40. The smallest absolute Gasteiger partial charge is 0.289 e. The van der Waals surface area contributed by atoms with Crippen molar-refractivity contribution in [3.8, 4) is 0 Å². The second-order valence-corrected chi connectivity index (χ2v) is 6.06. The average molecular weight is 379 g/mol. The molecular weight excluding hydrogens is 363 g/mol. The van der Waals surface area contributed by atoms with E-state index in [2.05, 4.69) is 5.32 Å². The number of carbonyl (C=O) groups excluding carboxylic acids is 3. The van der Waals surface area contributed by atoms with Crippen LogP contribution in [-0.4, -0.2) is 29.4 Å². The normalized spacial score (nSPS) is 12.9. The molecule has 2 aromatic rings. The number of nitrogens with two attached hydrogens (primary N) is 1. The molecule has 25 heavy (non-hydrogen) atoms. The molecule has 0 aliphatic rings. The molecule has 1 amide bonds. The maximum Gasteiger partial charge on any atom is 0.289 e. The minimum absolute atomic E-state index is 0.187. The molecular formula is C18H16Cl2N2O3. The van der Waals surface area contributed by atoms with Crippen molar-refractivity contribution in [2.24, 2.45) is 5.73 Å². The Labute approximate surface area is 155 Å². The van der Waals surface area contributed by atoms with Gasteiger partial charge in [-0.15, -0.1) is 11.6 Å². The summed E-state index contributed by atoms with van der Waals surface area (Å²) in [6.07, 6.45) is 0.